The van der Waals surface area contributed by atoms with Gasteiger partial charge in [-0.15, -0.1) is 0 Å². The zero-order chi connectivity index (χ0) is 25.5. The Kier molecular flexibility index (Phi) is 6.79. The molecular weight excluding hydrogens is 509 g/mol. The maximum Gasteiger partial charge on any atom is 0.433 e. The van der Waals surface area contributed by atoms with E-state index in [1.54, 1.807) is 17.5 Å². The van der Waals surface area contributed by atoms with Crippen LogP contribution in [0.1, 0.15) is 43.3 Å². The number of rotatable bonds is 6. The Balaban J connectivity index is 1.93. The molecular formula is C23H19Cl2F4N5O. The van der Waals surface area contributed by atoms with Crippen molar-refractivity contribution in [1.82, 2.24) is 19.4 Å². The van der Waals surface area contributed by atoms with Crippen LogP contribution in [0, 0.1) is 5.82 Å². The predicted molar refractivity (Wildman–Crippen MR) is 125 cm³/mol. The van der Waals surface area contributed by atoms with Crippen LogP contribution in [0.25, 0.3) is 16.6 Å². The first-order valence-corrected chi connectivity index (χ1v) is 11.3. The molecule has 184 valence electrons. The highest BCUT2D eigenvalue weighted by Gasteiger charge is 2.33. The summed E-state index contributed by atoms with van der Waals surface area (Å²) in [6.07, 6.45) is 0.0310. The predicted octanol–water partition coefficient (Wildman–Crippen LogP) is 6.78. The number of nitrogens with two attached hydrogens (primary N) is 1. The minimum atomic E-state index is -4.63. The van der Waals surface area contributed by atoms with Crippen LogP contribution in [0.3, 0.4) is 0 Å². The van der Waals surface area contributed by atoms with Gasteiger partial charge >= 0.3 is 6.18 Å². The average molecular weight is 528 g/mol. The van der Waals surface area contributed by atoms with Crippen LogP contribution in [-0.2, 0) is 6.18 Å². The van der Waals surface area contributed by atoms with Crippen molar-refractivity contribution in [3.8, 4) is 16.9 Å². The Bertz CT molecular complexity index is 1390. The lowest BCUT2D eigenvalue weighted by atomic mass is 9.93. The number of aromatic nitrogens is 4. The second-order valence-corrected chi connectivity index (χ2v) is 8.52. The van der Waals surface area contributed by atoms with Gasteiger partial charge in [0.2, 0.25) is 0 Å². The van der Waals surface area contributed by atoms with E-state index >= 15 is 4.39 Å². The lowest BCUT2D eigenvalue weighted by Gasteiger charge is -2.21. The number of pyridine rings is 1. The standard InChI is InChI=1S/C23H19Cl2F4N5O/c1-3-8-35-19-13(11(2)22-33-20(25)18-21(30)31-6-7-34(18)22)9-14(24)17(26)16(19)12-4-5-15(32-10-12)23(27,28)29/h4-7,9-11H,3,8H2,1-2H3,(H2,30,31). The highest BCUT2D eigenvalue weighted by Crippen LogP contribution is 2.44. The first-order valence-electron chi connectivity index (χ1n) is 10.5. The Morgan fingerprint density at radius 3 is 2.57 bits per heavy atom. The van der Waals surface area contributed by atoms with E-state index in [-0.39, 0.29) is 39.5 Å². The van der Waals surface area contributed by atoms with Crippen molar-refractivity contribution in [3.05, 3.63) is 69.9 Å². The molecule has 3 heterocycles. The Morgan fingerprint density at radius 2 is 1.94 bits per heavy atom. The van der Waals surface area contributed by atoms with Crippen LogP contribution in [0.5, 0.6) is 5.75 Å². The summed E-state index contributed by atoms with van der Waals surface area (Å²) in [4.78, 5) is 11.9. The number of anilines is 1. The smallest absolute Gasteiger partial charge is 0.433 e. The molecule has 0 saturated heterocycles. The van der Waals surface area contributed by atoms with Crippen molar-refractivity contribution >= 4 is 34.5 Å². The van der Waals surface area contributed by atoms with E-state index < -0.39 is 23.6 Å². The minimum Gasteiger partial charge on any atom is -0.493 e. The summed E-state index contributed by atoms with van der Waals surface area (Å²) in [6.45, 7) is 3.88. The summed E-state index contributed by atoms with van der Waals surface area (Å²) in [5, 5.41) is -0.104. The highest BCUT2D eigenvalue weighted by atomic mass is 35.5. The molecule has 0 aliphatic heterocycles. The summed E-state index contributed by atoms with van der Waals surface area (Å²) < 4.78 is 62.0. The van der Waals surface area contributed by atoms with E-state index in [4.69, 9.17) is 33.7 Å². The minimum absolute atomic E-state index is 0.0806. The van der Waals surface area contributed by atoms with E-state index in [1.807, 2.05) is 6.92 Å². The van der Waals surface area contributed by atoms with Gasteiger partial charge in [0.05, 0.1) is 17.2 Å². The van der Waals surface area contributed by atoms with E-state index in [2.05, 4.69) is 15.0 Å². The third kappa shape index (κ3) is 4.60. The van der Waals surface area contributed by atoms with E-state index in [0.29, 0.717) is 23.3 Å². The van der Waals surface area contributed by atoms with Gasteiger partial charge in [-0.25, -0.2) is 14.4 Å². The van der Waals surface area contributed by atoms with Gasteiger partial charge in [-0.05, 0) is 18.6 Å². The fraction of sp³-hybridized carbons (Fsp3) is 0.261. The highest BCUT2D eigenvalue weighted by molar-refractivity contribution is 6.33. The van der Waals surface area contributed by atoms with Crippen LogP contribution in [0.2, 0.25) is 10.2 Å². The number of nitrogens with zero attached hydrogens (tertiary/aromatic N) is 4. The van der Waals surface area contributed by atoms with Gasteiger partial charge in [0.1, 0.15) is 22.8 Å². The molecule has 1 aromatic carbocycles. The summed E-state index contributed by atoms with van der Waals surface area (Å²) in [6, 6.07) is 3.32. The van der Waals surface area contributed by atoms with Crippen LogP contribution < -0.4 is 10.5 Å². The third-order valence-electron chi connectivity index (χ3n) is 5.42. The van der Waals surface area contributed by atoms with E-state index in [1.165, 1.54) is 12.3 Å². The van der Waals surface area contributed by atoms with Crippen molar-refractivity contribution in [1.29, 1.82) is 0 Å². The number of fused-ring (bicyclic) bond motifs is 1. The molecule has 6 nitrogen and oxygen atoms in total. The molecule has 0 fully saturated rings. The van der Waals surface area contributed by atoms with Gasteiger partial charge in [0, 0.05) is 35.6 Å². The van der Waals surface area contributed by atoms with Crippen molar-refractivity contribution in [2.75, 3.05) is 12.3 Å². The molecule has 0 radical (unpaired) electrons. The molecule has 0 spiro atoms. The maximum absolute atomic E-state index is 15.3. The maximum atomic E-state index is 15.3. The number of benzene rings is 1. The number of hydrogen-bond donors (Lipinski definition) is 1. The molecule has 3 aromatic heterocycles. The van der Waals surface area contributed by atoms with Crippen molar-refractivity contribution < 1.29 is 22.3 Å². The second kappa shape index (κ2) is 9.50. The van der Waals surface area contributed by atoms with Crippen LogP contribution in [0.15, 0.2) is 36.8 Å². The summed E-state index contributed by atoms with van der Waals surface area (Å²) in [7, 11) is 0. The molecule has 1 atom stereocenters. The largest absolute Gasteiger partial charge is 0.493 e. The van der Waals surface area contributed by atoms with Gasteiger partial charge in [-0.3, -0.25) is 9.38 Å². The lowest BCUT2D eigenvalue weighted by molar-refractivity contribution is -0.141. The molecule has 0 aliphatic rings. The average Bonchev–Trinajstić information content (AvgIpc) is 3.16. The first-order chi connectivity index (χ1) is 16.5. The normalized spacial score (nSPS) is 12.8. The Morgan fingerprint density at radius 1 is 1.20 bits per heavy atom. The number of halogens is 6. The summed E-state index contributed by atoms with van der Waals surface area (Å²) in [5.41, 5.74) is 5.71. The quantitative estimate of drug-likeness (QED) is 0.279. The monoisotopic (exact) mass is 527 g/mol. The zero-order valence-corrected chi connectivity index (χ0v) is 20.0. The molecule has 0 amide bonds. The van der Waals surface area contributed by atoms with Crippen molar-refractivity contribution in [3.63, 3.8) is 0 Å². The number of ether oxygens (including phenoxy) is 1. The summed E-state index contributed by atoms with van der Waals surface area (Å²) in [5.74, 6) is -0.616. The molecule has 4 rings (SSSR count). The molecule has 0 bridgehead atoms. The molecule has 1 unspecified atom stereocenters. The lowest BCUT2D eigenvalue weighted by Crippen LogP contribution is -2.10. The van der Waals surface area contributed by atoms with Gasteiger partial charge in [-0.1, -0.05) is 43.1 Å². The van der Waals surface area contributed by atoms with E-state index in [9.17, 15) is 13.2 Å². The van der Waals surface area contributed by atoms with Gasteiger partial charge in [0.15, 0.2) is 16.8 Å². The Hall–Kier alpha value is -3.11. The zero-order valence-electron chi connectivity index (χ0n) is 18.5. The SMILES string of the molecule is CCCOc1c(C(C)c2nc(Cl)c3c(N)nccn23)cc(Cl)c(F)c1-c1ccc(C(F)(F)F)nc1. The first kappa shape index (κ1) is 25.0. The van der Waals surface area contributed by atoms with Gasteiger partial charge in [-0.2, -0.15) is 13.2 Å². The van der Waals surface area contributed by atoms with Crippen LogP contribution in [0.4, 0.5) is 23.4 Å². The number of alkyl halides is 3. The fourth-order valence-corrected chi connectivity index (χ4v) is 4.25. The van der Waals surface area contributed by atoms with Crippen molar-refractivity contribution in [2.45, 2.75) is 32.4 Å². The van der Waals surface area contributed by atoms with Gasteiger partial charge < -0.3 is 10.5 Å². The van der Waals surface area contributed by atoms with Crippen LogP contribution in [-0.4, -0.2) is 26.0 Å². The fourth-order valence-electron chi connectivity index (χ4n) is 3.76. The molecule has 2 N–H and O–H groups in total. The topological polar surface area (TPSA) is 78.3 Å². The molecule has 0 saturated carbocycles. The van der Waals surface area contributed by atoms with E-state index in [0.717, 1.165) is 18.3 Å². The Labute approximate surface area is 207 Å². The van der Waals surface area contributed by atoms with Gasteiger partial charge in [0.25, 0.3) is 0 Å². The molecule has 12 heteroatoms. The molecule has 4 aromatic rings. The third-order valence-corrected chi connectivity index (χ3v) is 5.95. The molecule has 35 heavy (non-hydrogen) atoms. The number of nitrogen functional groups attached to an aromatic ring is 1. The number of hydrogen-bond acceptors (Lipinski definition) is 5. The molecule has 0 aliphatic carbocycles. The van der Waals surface area contributed by atoms with Crippen LogP contribution >= 0.6 is 23.2 Å². The second-order valence-electron chi connectivity index (χ2n) is 7.76. The number of imidazole rings is 1. The van der Waals surface area contributed by atoms with Crippen molar-refractivity contribution in [2.24, 2.45) is 0 Å². The summed E-state index contributed by atoms with van der Waals surface area (Å²) >= 11 is 12.5.